The van der Waals surface area contributed by atoms with Crippen molar-refractivity contribution in [2.45, 2.75) is 3.42 Å². The van der Waals surface area contributed by atoms with E-state index in [1.165, 1.54) is 0 Å². The van der Waals surface area contributed by atoms with Crippen molar-refractivity contribution in [3.63, 3.8) is 0 Å². The zero-order valence-corrected chi connectivity index (χ0v) is 13.3. The summed E-state index contributed by atoms with van der Waals surface area (Å²) in [5.41, 5.74) is 1.58. The van der Waals surface area contributed by atoms with Crippen molar-refractivity contribution in [3.8, 4) is 0 Å². The molecule has 1 amide bonds. The second-order valence-electron chi connectivity index (χ2n) is 4.51. The highest BCUT2D eigenvalue weighted by molar-refractivity contribution is 14.1. The van der Waals surface area contributed by atoms with Gasteiger partial charge in [-0.25, -0.2) is 9.59 Å². The van der Waals surface area contributed by atoms with Crippen molar-refractivity contribution in [2.24, 2.45) is 0 Å². The molecule has 1 aromatic rings. The Bertz CT molecular complexity index is 533. The Morgan fingerprint density at radius 2 is 2.00 bits per heavy atom. The van der Waals surface area contributed by atoms with Gasteiger partial charge in [0.2, 0.25) is 0 Å². The molecular formula is C14H14INO5. The molecule has 21 heavy (non-hydrogen) atoms. The van der Waals surface area contributed by atoms with Crippen LogP contribution in [0.1, 0.15) is 5.56 Å². The zero-order chi connectivity index (χ0) is 15.3. The fraction of sp³-hybridized carbons (Fsp3) is 0.286. The normalized spacial score (nSPS) is 16.3. The zero-order valence-electron chi connectivity index (χ0n) is 11.1. The lowest BCUT2D eigenvalue weighted by atomic mass is 10.2. The highest BCUT2D eigenvalue weighted by Crippen LogP contribution is 2.24. The van der Waals surface area contributed by atoms with E-state index in [-0.39, 0.29) is 19.8 Å². The summed E-state index contributed by atoms with van der Waals surface area (Å²) >= 11 is 2.06. The number of cyclic esters (lactones) is 2. The average molecular weight is 403 g/mol. The first-order valence-electron chi connectivity index (χ1n) is 6.15. The Morgan fingerprint density at radius 3 is 2.57 bits per heavy atom. The van der Waals surface area contributed by atoms with Gasteiger partial charge in [-0.1, -0.05) is 47.4 Å². The third-order valence-corrected chi connectivity index (χ3v) is 3.69. The van der Waals surface area contributed by atoms with Gasteiger partial charge in [-0.15, -0.1) is 0 Å². The number of rotatable bonds is 4. The SMILES string of the molecule is C=Cc1ccc(NC(=O)OCC2(I)COC(=O)OC2)cc1. The highest BCUT2D eigenvalue weighted by atomic mass is 127. The van der Waals surface area contributed by atoms with E-state index in [4.69, 9.17) is 14.2 Å². The summed E-state index contributed by atoms with van der Waals surface area (Å²) in [5, 5.41) is 2.61. The Kier molecular flexibility index (Phi) is 5.05. The molecule has 0 unspecified atom stereocenters. The summed E-state index contributed by atoms with van der Waals surface area (Å²) in [7, 11) is 0. The molecule has 0 bridgehead atoms. The van der Waals surface area contributed by atoms with E-state index in [0.717, 1.165) is 5.56 Å². The van der Waals surface area contributed by atoms with Crippen LogP contribution in [0.25, 0.3) is 6.08 Å². The van der Waals surface area contributed by atoms with Crippen LogP contribution < -0.4 is 5.32 Å². The second-order valence-corrected chi connectivity index (χ2v) is 6.79. The third-order valence-electron chi connectivity index (χ3n) is 2.75. The molecule has 1 heterocycles. The van der Waals surface area contributed by atoms with E-state index in [9.17, 15) is 9.59 Å². The van der Waals surface area contributed by atoms with Crippen molar-refractivity contribution in [1.82, 2.24) is 0 Å². The van der Waals surface area contributed by atoms with Crippen LogP contribution in [0.5, 0.6) is 0 Å². The summed E-state index contributed by atoms with van der Waals surface area (Å²) in [6, 6.07) is 7.17. The van der Waals surface area contributed by atoms with E-state index in [1.54, 1.807) is 18.2 Å². The Labute approximate surface area is 135 Å². The molecule has 1 fully saturated rings. The molecule has 112 valence electrons. The number of nitrogens with one attached hydrogen (secondary N) is 1. The van der Waals surface area contributed by atoms with E-state index in [0.29, 0.717) is 5.69 Å². The van der Waals surface area contributed by atoms with Gasteiger partial charge in [0.05, 0.1) is 0 Å². The minimum Gasteiger partial charge on any atom is -0.448 e. The lowest BCUT2D eigenvalue weighted by molar-refractivity contribution is -0.00933. The summed E-state index contributed by atoms with van der Waals surface area (Å²) in [6.07, 6.45) is 0.440. The Hall–Kier alpha value is -1.77. The number of halogens is 1. The van der Waals surface area contributed by atoms with Crippen LogP contribution in [-0.2, 0) is 14.2 Å². The molecule has 2 rings (SSSR count). The molecule has 0 radical (unpaired) electrons. The number of ether oxygens (including phenoxy) is 3. The van der Waals surface area contributed by atoms with E-state index < -0.39 is 15.7 Å². The van der Waals surface area contributed by atoms with Crippen molar-refractivity contribution in [2.75, 3.05) is 25.1 Å². The van der Waals surface area contributed by atoms with Gasteiger partial charge in [-0.3, -0.25) is 5.32 Å². The first-order chi connectivity index (χ1) is 10.0. The van der Waals surface area contributed by atoms with Gasteiger partial charge in [0.1, 0.15) is 23.2 Å². The second kappa shape index (κ2) is 6.79. The van der Waals surface area contributed by atoms with E-state index in [1.807, 2.05) is 12.1 Å². The number of carbonyl (C=O) groups excluding carboxylic acids is 2. The molecule has 1 aliphatic heterocycles. The van der Waals surface area contributed by atoms with Gasteiger partial charge >= 0.3 is 12.2 Å². The van der Waals surface area contributed by atoms with Crippen LogP contribution in [0.15, 0.2) is 30.8 Å². The van der Waals surface area contributed by atoms with Crippen LogP contribution in [0.3, 0.4) is 0 Å². The number of anilines is 1. The molecular weight excluding hydrogens is 389 g/mol. The highest BCUT2D eigenvalue weighted by Gasteiger charge is 2.36. The fourth-order valence-corrected chi connectivity index (χ4v) is 2.06. The lowest BCUT2D eigenvalue weighted by Crippen LogP contribution is -2.44. The molecule has 0 aliphatic carbocycles. The van der Waals surface area contributed by atoms with Crippen molar-refractivity contribution in [3.05, 3.63) is 36.4 Å². The molecule has 1 saturated heterocycles. The minimum atomic E-state index is -0.700. The molecule has 7 heteroatoms. The molecule has 0 spiro atoms. The molecule has 1 aromatic carbocycles. The predicted molar refractivity (Wildman–Crippen MR) is 85.6 cm³/mol. The maximum atomic E-state index is 11.7. The van der Waals surface area contributed by atoms with Crippen molar-refractivity contribution in [1.29, 1.82) is 0 Å². The molecule has 6 nitrogen and oxygen atoms in total. The first kappa shape index (κ1) is 15.6. The van der Waals surface area contributed by atoms with Crippen LogP contribution in [0, 0.1) is 0 Å². The van der Waals surface area contributed by atoms with E-state index in [2.05, 4.69) is 34.5 Å². The minimum absolute atomic E-state index is 0.0808. The standard InChI is InChI=1S/C14H14INO5/c1-2-10-3-5-11(6-4-10)16-12(17)19-7-14(15)8-20-13(18)21-9-14/h2-6H,1,7-9H2,(H,16,17). The van der Waals surface area contributed by atoms with Gasteiger partial charge < -0.3 is 14.2 Å². The van der Waals surface area contributed by atoms with Gasteiger partial charge in [-0.05, 0) is 17.7 Å². The number of hydrogen-bond acceptors (Lipinski definition) is 5. The van der Waals surface area contributed by atoms with Crippen LogP contribution in [0.2, 0.25) is 0 Å². The smallest absolute Gasteiger partial charge is 0.448 e. The predicted octanol–water partition coefficient (Wildman–Crippen LogP) is 3.22. The number of carbonyl (C=O) groups is 2. The van der Waals surface area contributed by atoms with Crippen molar-refractivity contribution >= 4 is 46.6 Å². The Balaban J connectivity index is 1.81. The van der Waals surface area contributed by atoms with Crippen LogP contribution in [0.4, 0.5) is 15.3 Å². The Morgan fingerprint density at radius 1 is 1.38 bits per heavy atom. The number of benzene rings is 1. The summed E-state index contributed by atoms with van der Waals surface area (Å²) in [5.74, 6) is 0. The number of amides is 1. The van der Waals surface area contributed by atoms with E-state index >= 15 is 0 Å². The van der Waals surface area contributed by atoms with Gasteiger partial charge in [-0.2, -0.15) is 0 Å². The van der Waals surface area contributed by atoms with Crippen LogP contribution >= 0.6 is 22.6 Å². The van der Waals surface area contributed by atoms with Gasteiger partial charge in [0.15, 0.2) is 0 Å². The van der Waals surface area contributed by atoms with Crippen LogP contribution in [-0.4, -0.2) is 35.5 Å². The summed E-state index contributed by atoms with van der Waals surface area (Å²) < 4.78 is 14.1. The number of hydrogen-bond donors (Lipinski definition) is 1. The monoisotopic (exact) mass is 403 g/mol. The van der Waals surface area contributed by atoms with Crippen molar-refractivity contribution < 1.29 is 23.8 Å². The third kappa shape index (κ3) is 4.62. The molecule has 0 aromatic heterocycles. The molecule has 0 saturated carbocycles. The first-order valence-corrected chi connectivity index (χ1v) is 7.23. The quantitative estimate of drug-likeness (QED) is 0.475. The largest absolute Gasteiger partial charge is 0.508 e. The molecule has 1 N–H and O–H groups in total. The molecule has 0 atom stereocenters. The van der Waals surface area contributed by atoms with Gasteiger partial charge in [0.25, 0.3) is 0 Å². The molecule has 1 aliphatic rings. The summed E-state index contributed by atoms with van der Waals surface area (Å²) in [6.45, 7) is 4.03. The topological polar surface area (TPSA) is 73.9 Å². The lowest BCUT2D eigenvalue weighted by Gasteiger charge is -2.29. The number of alkyl halides is 1. The fourth-order valence-electron chi connectivity index (χ4n) is 1.59. The maximum Gasteiger partial charge on any atom is 0.508 e. The maximum absolute atomic E-state index is 11.7. The summed E-state index contributed by atoms with van der Waals surface area (Å²) in [4.78, 5) is 22.5. The van der Waals surface area contributed by atoms with Gasteiger partial charge in [0, 0.05) is 5.69 Å². The average Bonchev–Trinajstić information content (AvgIpc) is 2.50.